The summed E-state index contributed by atoms with van der Waals surface area (Å²) in [5.41, 5.74) is 1.33. The van der Waals surface area contributed by atoms with Crippen molar-refractivity contribution in [3.63, 3.8) is 0 Å². The predicted molar refractivity (Wildman–Crippen MR) is 67.6 cm³/mol. The smallest absolute Gasteiger partial charge is 0.175 e. The van der Waals surface area contributed by atoms with Crippen molar-refractivity contribution in [3.05, 3.63) is 21.7 Å². The molecule has 92 valence electrons. The molecule has 0 radical (unpaired) electrons. The number of rotatable bonds is 1. The van der Waals surface area contributed by atoms with E-state index in [1.165, 1.54) is 0 Å². The fourth-order valence-electron chi connectivity index (χ4n) is 2.29. The molecule has 4 heteroatoms. The Morgan fingerprint density at radius 3 is 2.53 bits per heavy atom. The van der Waals surface area contributed by atoms with Crippen LogP contribution in [0, 0.1) is 6.92 Å². The highest BCUT2D eigenvalue weighted by Gasteiger charge is 2.44. The molecule has 1 fully saturated rings. The Morgan fingerprint density at radius 2 is 1.88 bits per heavy atom. The van der Waals surface area contributed by atoms with Crippen molar-refractivity contribution in [3.8, 4) is 11.5 Å². The van der Waals surface area contributed by atoms with Crippen molar-refractivity contribution in [2.75, 3.05) is 13.2 Å². The van der Waals surface area contributed by atoms with Crippen molar-refractivity contribution < 1.29 is 14.6 Å². The molecule has 17 heavy (non-hydrogen) atoms. The summed E-state index contributed by atoms with van der Waals surface area (Å²) < 4.78 is 12.3. The zero-order valence-electron chi connectivity index (χ0n) is 9.75. The van der Waals surface area contributed by atoms with E-state index in [1.807, 2.05) is 13.0 Å². The second kappa shape index (κ2) is 3.89. The number of aliphatic hydroxyl groups is 1. The first-order chi connectivity index (χ1) is 8.12. The molecule has 1 aromatic rings. The molecule has 0 unspecified atom stereocenters. The fourth-order valence-corrected chi connectivity index (χ4v) is 2.81. The Bertz CT molecular complexity index is 466. The number of fused-ring (bicyclic) bond motifs is 1. The van der Waals surface area contributed by atoms with Crippen molar-refractivity contribution in [1.82, 2.24) is 0 Å². The first kappa shape index (κ1) is 11.4. The second-order valence-corrected chi connectivity index (χ2v) is 5.63. The van der Waals surface area contributed by atoms with Crippen LogP contribution in [0.4, 0.5) is 0 Å². The predicted octanol–water partition coefficient (Wildman–Crippen LogP) is 2.90. The van der Waals surface area contributed by atoms with Crippen LogP contribution in [0.2, 0.25) is 0 Å². The minimum atomic E-state index is -0.642. The molecular weight excluding hydrogens is 284 g/mol. The Kier molecular flexibility index (Phi) is 2.60. The molecule has 0 saturated heterocycles. The SMILES string of the molecule is Cc1c(C2(O)CC2)cc(Br)c2c1OCCCO2. The molecule has 1 saturated carbocycles. The molecule has 1 aliphatic carbocycles. The maximum Gasteiger partial charge on any atom is 0.175 e. The van der Waals surface area contributed by atoms with Crippen LogP contribution >= 0.6 is 15.9 Å². The van der Waals surface area contributed by atoms with Crippen LogP contribution in [0.15, 0.2) is 10.5 Å². The fraction of sp³-hybridized carbons (Fsp3) is 0.538. The summed E-state index contributed by atoms with van der Waals surface area (Å²) in [6, 6.07) is 1.97. The molecule has 1 N–H and O–H groups in total. The van der Waals surface area contributed by atoms with Gasteiger partial charge in [-0.25, -0.2) is 0 Å². The van der Waals surface area contributed by atoms with Gasteiger partial charge in [0.1, 0.15) is 0 Å². The van der Waals surface area contributed by atoms with Crippen LogP contribution in [-0.2, 0) is 5.60 Å². The van der Waals surface area contributed by atoms with E-state index in [-0.39, 0.29) is 0 Å². The van der Waals surface area contributed by atoms with Gasteiger partial charge in [-0.3, -0.25) is 0 Å². The van der Waals surface area contributed by atoms with Gasteiger partial charge in [-0.1, -0.05) is 0 Å². The van der Waals surface area contributed by atoms with Crippen LogP contribution in [0.1, 0.15) is 30.4 Å². The molecule has 2 aliphatic rings. The molecule has 0 aromatic heterocycles. The number of hydrogen-bond acceptors (Lipinski definition) is 3. The number of ether oxygens (including phenoxy) is 2. The Morgan fingerprint density at radius 1 is 1.24 bits per heavy atom. The van der Waals surface area contributed by atoms with E-state index in [9.17, 15) is 5.11 Å². The summed E-state index contributed by atoms with van der Waals surface area (Å²) in [5.74, 6) is 1.56. The zero-order valence-corrected chi connectivity index (χ0v) is 11.3. The summed E-state index contributed by atoms with van der Waals surface area (Å²) in [4.78, 5) is 0. The van der Waals surface area contributed by atoms with E-state index >= 15 is 0 Å². The summed E-state index contributed by atoms with van der Waals surface area (Å²) in [7, 11) is 0. The molecule has 0 amide bonds. The van der Waals surface area contributed by atoms with E-state index in [1.54, 1.807) is 0 Å². The second-order valence-electron chi connectivity index (χ2n) is 4.77. The van der Waals surface area contributed by atoms with Crippen LogP contribution in [0.3, 0.4) is 0 Å². The lowest BCUT2D eigenvalue weighted by molar-refractivity contribution is 0.150. The van der Waals surface area contributed by atoms with Crippen LogP contribution < -0.4 is 9.47 Å². The van der Waals surface area contributed by atoms with Gasteiger partial charge in [0, 0.05) is 12.0 Å². The van der Waals surface area contributed by atoms with Gasteiger partial charge in [0.05, 0.1) is 23.3 Å². The van der Waals surface area contributed by atoms with Crippen LogP contribution in [-0.4, -0.2) is 18.3 Å². The third-order valence-electron chi connectivity index (χ3n) is 3.45. The van der Waals surface area contributed by atoms with Gasteiger partial charge < -0.3 is 14.6 Å². The van der Waals surface area contributed by atoms with E-state index in [0.717, 1.165) is 46.4 Å². The minimum absolute atomic E-state index is 0.642. The molecule has 3 rings (SSSR count). The van der Waals surface area contributed by atoms with Crippen LogP contribution in [0.5, 0.6) is 11.5 Å². The third-order valence-corrected chi connectivity index (χ3v) is 4.03. The summed E-state index contributed by atoms with van der Waals surface area (Å²) in [5, 5.41) is 10.3. The number of hydrogen-bond donors (Lipinski definition) is 1. The maximum atomic E-state index is 10.3. The zero-order chi connectivity index (χ0) is 12.0. The number of halogens is 1. The monoisotopic (exact) mass is 298 g/mol. The Hall–Kier alpha value is -0.740. The van der Waals surface area contributed by atoms with Gasteiger partial charge >= 0.3 is 0 Å². The molecule has 3 nitrogen and oxygen atoms in total. The molecular formula is C13H15BrO3. The summed E-state index contributed by atoms with van der Waals surface area (Å²) in [6.07, 6.45) is 2.56. The van der Waals surface area contributed by atoms with Gasteiger partial charge in [-0.05, 0) is 47.3 Å². The molecule has 1 aromatic carbocycles. The average Bonchev–Trinajstić information content (AvgIpc) is 3.07. The summed E-state index contributed by atoms with van der Waals surface area (Å²) >= 11 is 3.51. The molecule has 0 bridgehead atoms. The van der Waals surface area contributed by atoms with Crippen molar-refractivity contribution in [1.29, 1.82) is 0 Å². The molecule has 1 heterocycles. The van der Waals surface area contributed by atoms with Gasteiger partial charge in [0.15, 0.2) is 11.5 Å². The molecule has 0 spiro atoms. The van der Waals surface area contributed by atoms with E-state index in [4.69, 9.17) is 9.47 Å². The lowest BCUT2D eigenvalue weighted by Gasteiger charge is -2.18. The first-order valence-corrected chi connectivity index (χ1v) is 6.73. The average molecular weight is 299 g/mol. The van der Waals surface area contributed by atoms with Gasteiger partial charge in [-0.15, -0.1) is 0 Å². The summed E-state index contributed by atoms with van der Waals surface area (Å²) in [6.45, 7) is 3.34. The Balaban J connectivity index is 2.15. The Labute approximate surface area is 109 Å². The standard InChI is InChI=1S/C13H15BrO3/c1-8-9(13(15)3-4-13)7-10(14)12-11(8)16-5-2-6-17-12/h7,15H,2-6H2,1H3. The highest BCUT2D eigenvalue weighted by atomic mass is 79.9. The third kappa shape index (κ3) is 1.83. The van der Waals surface area contributed by atoms with Gasteiger partial charge in [0.2, 0.25) is 0 Å². The normalized spacial score (nSPS) is 20.9. The van der Waals surface area contributed by atoms with E-state index < -0.39 is 5.60 Å². The largest absolute Gasteiger partial charge is 0.489 e. The van der Waals surface area contributed by atoms with Gasteiger partial charge in [0.25, 0.3) is 0 Å². The first-order valence-electron chi connectivity index (χ1n) is 5.93. The molecule has 0 atom stereocenters. The van der Waals surface area contributed by atoms with Gasteiger partial charge in [-0.2, -0.15) is 0 Å². The lowest BCUT2D eigenvalue weighted by Crippen LogP contribution is -2.09. The minimum Gasteiger partial charge on any atom is -0.489 e. The maximum absolute atomic E-state index is 10.3. The van der Waals surface area contributed by atoms with Crippen molar-refractivity contribution in [2.24, 2.45) is 0 Å². The van der Waals surface area contributed by atoms with E-state index in [0.29, 0.717) is 13.2 Å². The van der Waals surface area contributed by atoms with Crippen molar-refractivity contribution in [2.45, 2.75) is 31.8 Å². The highest BCUT2D eigenvalue weighted by molar-refractivity contribution is 9.10. The topological polar surface area (TPSA) is 38.7 Å². The lowest BCUT2D eigenvalue weighted by atomic mass is 10.0. The highest BCUT2D eigenvalue weighted by Crippen LogP contribution is 2.51. The molecule has 1 aliphatic heterocycles. The van der Waals surface area contributed by atoms with Crippen LogP contribution in [0.25, 0.3) is 0 Å². The van der Waals surface area contributed by atoms with Crippen molar-refractivity contribution >= 4 is 15.9 Å². The quantitative estimate of drug-likeness (QED) is 0.866. The van der Waals surface area contributed by atoms with E-state index in [2.05, 4.69) is 15.9 Å². The number of benzene rings is 1.